The second kappa shape index (κ2) is 9.78. The lowest BCUT2D eigenvalue weighted by atomic mass is 9.82. The SMILES string of the molecule is COC(=O)c1cc(N2CCC(N3CCOCC3)CC2)c2c(C3CCC3)nn(-c3ccc(F)cc3)c2n1. The molecule has 4 heterocycles. The molecular weight excluding hydrogens is 461 g/mol. The first-order chi connectivity index (χ1) is 17.6. The van der Waals surface area contributed by atoms with Gasteiger partial charge in [0, 0.05) is 38.1 Å². The zero-order valence-electron chi connectivity index (χ0n) is 20.7. The lowest BCUT2D eigenvalue weighted by Crippen LogP contribution is -2.49. The monoisotopic (exact) mass is 493 g/mol. The summed E-state index contributed by atoms with van der Waals surface area (Å²) in [6.45, 7) is 5.39. The Balaban J connectivity index is 1.43. The van der Waals surface area contributed by atoms with Crippen molar-refractivity contribution in [2.45, 2.75) is 44.1 Å². The highest BCUT2D eigenvalue weighted by atomic mass is 19.1. The molecule has 6 rings (SSSR count). The van der Waals surface area contributed by atoms with Crippen LogP contribution in [0.5, 0.6) is 0 Å². The Morgan fingerprint density at radius 2 is 1.78 bits per heavy atom. The van der Waals surface area contributed by atoms with E-state index in [1.165, 1.54) is 25.7 Å². The fourth-order valence-electron chi connectivity index (χ4n) is 5.73. The standard InChI is InChI=1S/C27H32FN5O3/c1-35-27(34)22-17-23(32-11-9-20(10-12-32)31-13-15-36-16-14-31)24-25(18-3-2-4-18)30-33(26(24)29-22)21-7-5-19(28)6-8-21/h5-8,17-18,20H,2-4,9-16H2,1H3. The molecule has 0 bridgehead atoms. The molecule has 3 aromatic rings. The van der Waals surface area contributed by atoms with Crippen molar-refractivity contribution in [1.29, 1.82) is 0 Å². The van der Waals surface area contributed by atoms with Gasteiger partial charge in [-0.15, -0.1) is 0 Å². The summed E-state index contributed by atoms with van der Waals surface area (Å²) < 4.78 is 26.0. The highest BCUT2D eigenvalue weighted by Crippen LogP contribution is 2.43. The zero-order chi connectivity index (χ0) is 24.6. The van der Waals surface area contributed by atoms with Gasteiger partial charge in [-0.1, -0.05) is 6.42 Å². The average molecular weight is 494 g/mol. The molecule has 0 radical (unpaired) electrons. The zero-order valence-corrected chi connectivity index (χ0v) is 20.7. The van der Waals surface area contributed by atoms with E-state index < -0.39 is 5.97 Å². The number of aromatic nitrogens is 3. The molecule has 0 spiro atoms. The lowest BCUT2D eigenvalue weighted by molar-refractivity contribution is 0.0115. The third-order valence-corrected chi connectivity index (χ3v) is 7.97. The van der Waals surface area contributed by atoms with Crippen molar-refractivity contribution in [2.75, 3.05) is 51.4 Å². The summed E-state index contributed by atoms with van der Waals surface area (Å²) in [6, 6.07) is 8.68. The molecule has 1 aromatic carbocycles. The van der Waals surface area contributed by atoms with Crippen LogP contribution in [0, 0.1) is 5.82 Å². The maximum atomic E-state index is 13.7. The third-order valence-electron chi connectivity index (χ3n) is 7.97. The lowest BCUT2D eigenvalue weighted by Gasteiger charge is -2.41. The second-order valence-corrected chi connectivity index (χ2v) is 9.98. The number of morpholine rings is 1. The van der Waals surface area contributed by atoms with Gasteiger partial charge in [0.15, 0.2) is 11.3 Å². The fraction of sp³-hybridized carbons (Fsp3) is 0.519. The van der Waals surface area contributed by atoms with Gasteiger partial charge < -0.3 is 14.4 Å². The summed E-state index contributed by atoms with van der Waals surface area (Å²) in [7, 11) is 1.37. The molecule has 0 unspecified atom stereocenters. The molecule has 3 aliphatic rings. The fourth-order valence-corrected chi connectivity index (χ4v) is 5.73. The predicted molar refractivity (Wildman–Crippen MR) is 134 cm³/mol. The molecule has 1 saturated carbocycles. The number of carbonyl (C=O) groups excluding carboxylic acids is 1. The number of methoxy groups -OCH3 is 1. The highest BCUT2D eigenvalue weighted by Gasteiger charge is 2.32. The molecule has 2 saturated heterocycles. The molecule has 9 heteroatoms. The van der Waals surface area contributed by atoms with Crippen LogP contribution in [0.15, 0.2) is 30.3 Å². The first kappa shape index (κ1) is 23.4. The minimum absolute atomic E-state index is 0.263. The minimum atomic E-state index is -0.474. The van der Waals surface area contributed by atoms with E-state index in [2.05, 4.69) is 9.80 Å². The van der Waals surface area contributed by atoms with Crippen LogP contribution in [-0.2, 0) is 9.47 Å². The summed E-state index contributed by atoms with van der Waals surface area (Å²) >= 11 is 0. The summed E-state index contributed by atoms with van der Waals surface area (Å²) in [5.74, 6) is -0.413. The Labute approximate surface area is 210 Å². The maximum absolute atomic E-state index is 13.7. The normalized spacial score (nSPS) is 20.0. The van der Waals surface area contributed by atoms with Crippen molar-refractivity contribution in [3.05, 3.63) is 47.5 Å². The van der Waals surface area contributed by atoms with E-state index in [1.54, 1.807) is 16.8 Å². The molecule has 3 fully saturated rings. The molecule has 0 atom stereocenters. The number of carbonyl (C=O) groups is 1. The molecule has 2 aromatic heterocycles. The van der Waals surface area contributed by atoms with E-state index in [4.69, 9.17) is 19.6 Å². The Bertz CT molecular complexity index is 1240. The largest absolute Gasteiger partial charge is 0.464 e. The number of nitrogens with zero attached hydrogens (tertiary/aromatic N) is 5. The van der Waals surface area contributed by atoms with Gasteiger partial charge in [-0.2, -0.15) is 5.10 Å². The summed E-state index contributed by atoms with van der Waals surface area (Å²) in [4.78, 5) is 22.3. The van der Waals surface area contributed by atoms with E-state index >= 15 is 0 Å². The third kappa shape index (κ3) is 4.24. The number of pyridine rings is 1. The van der Waals surface area contributed by atoms with E-state index in [9.17, 15) is 9.18 Å². The Morgan fingerprint density at radius 3 is 2.42 bits per heavy atom. The van der Waals surface area contributed by atoms with E-state index in [0.29, 0.717) is 17.6 Å². The van der Waals surface area contributed by atoms with Gasteiger partial charge in [0.1, 0.15) is 5.82 Å². The van der Waals surface area contributed by atoms with Gasteiger partial charge in [0.05, 0.1) is 42.8 Å². The number of anilines is 1. The Kier molecular flexibility index (Phi) is 6.35. The van der Waals surface area contributed by atoms with Crippen molar-refractivity contribution >= 4 is 22.7 Å². The number of ether oxygens (including phenoxy) is 2. The number of halogens is 1. The van der Waals surface area contributed by atoms with Crippen molar-refractivity contribution in [2.24, 2.45) is 0 Å². The number of hydrogen-bond acceptors (Lipinski definition) is 7. The molecule has 8 nitrogen and oxygen atoms in total. The summed E-state index contributed by atoms with van der Waals surface area (Å²) in [6.07, 6.45) is 5.48. The minimum Gasteiger partial charge on any atom is -0.464 e. The van der Waals surface area contributed by atoms with Gasteiger partial charge in [-0.05, 0) is 56.0 Å². The molecule has 0 amide bonds. The number of fused-ring (bicyclic) bond motifs is 1. The van der Waals surface area contributed by atoms with Crippen LogP contribution in [0.3, 0.4) is 0 Å². The molecule has 1 aliphatic carbocycles. The number of benzene rings is 1. The van der Waals surface area contributed by atoms with E-state index in [1.807, 2.05) is 6.07 Å². The van der Waals surface area contributed by atoms with E-state index in [0.717, 1.165) is 87.5 Å². The molecule has 2 aliphatic heterocycles. The van der Waals surface area contributed by atoms with Crippen LogP contribution in [0.1, 0.15) is 54.2 Å². The average Bonchev–Trinajstić information content (AvgIpc) is 3.26. The van der Waals surface area contributed by atoms with Gasteiger partial charge in [0.2, 0.25) is 0 Å². The Morgan fingerprint density at radius 1 is 1.06 bits per heavy atom. The van der Waals surface area contributed by atoms with Gasteiger partial charge in [-0.25, -0.2) is 18.9 Å². The topological polar surface area (TPSA) is 72.7 Å². The van der Waals surface area contributed by atoms with Crippen molar-refractivity contribution < 1.29 is 18.7 Å². The first-order valence-electron chi connectivity index (χ1n) is 13.0. The quantitative estimate of drug-likeness (QED) is 0.499. The number of esters is 1. The van der Waals surface area contributed by atoms with Crippen LogP contribution in [0.2, 0.25) is 0 Å². The van der Waals surface area contributed by atoms with Gasteiger partial charge in [0.25, 0.3) is 0 Å². The molecule has 190 valence electrons. The van der Waals surface area contributed by atoms with Crippen LogP contribution >= 0.6 is 0 Å². The number of piperidine rings is 1. The van der Waals surface area contributed by atoms with Crippen LogP contribution in [0.4, 0.5) is 10.1 Å². The van der Waals surface area contributed by atoms with Crippen LogP contribution < -0.4 is 4.90 Å². The second-order valence-electron chi connectivity index (χ2n) is 9.98. The van der Waals surface area contributed by atoms with Crippen molar-refractivity contribution in [3.63, 3.8) is 0 Å². The Hall–Kier alpha value is -3.04. The summed E-state index contributed by atoms with van der Waals surface area (Å²) in [5, 5.41) is 6.01. The smallest absolute Gasteiger partial charge is 0.356 e. The van der Waals surface area contributed by atoms with E-state index in [-0.39, 0.29) is 11.5 Å². The highest BCUT2D eigenvalue weighted by molar-refractivity contribution is 5.99. The number of rotatable bonds is 5. The van der Waals surface area contributed by atoms with Crippen LogP contribution in [-0.4, -0.2) is 78.2 Å². The predicted octanol–water partition coefficient (Wildman–Crippen LogP) is 3.91. The number of hydrogen-bond donors (Lipinski definition) is 0. The molecule has 36 heavy (non-hydrogen) atoms. The molecular formula is C27H32FN5O3. The van der Waals surface area contributed by atoms with Gasteiger partial charge >= 0.3 is 5.97 Å². The maximum Gasteiger partial charge on any atom is 0.356 e. The first-order valence-corrected chi connectivity index (χ1v) is 13.0. The van der Waals surface area contributed by atoms with Crippen molar-refractivity contribution in [1.82, 2.24) is 19.7 Å². The summed E-state index contributed by atoms with van der Waals surface area (Å²) in [5.41, 5.74) is 3.62. The van der Waals surface area contributed by atoms with Crippen molar-refractivity contribution in [3.8, 4) is 5.69 Å². The molecule has 0 N–H and O–H groups in total. The van der Waals surface area contributed by atoms with Gasteiger partial charge in [-0.3, -0.25) is 4.90 Å². The van der Waals surface area contributed by atoms with Crippen LogP contribution in [0.25, 0.3) is 16.7 Å².